The van der Waals surface area contributed by atoms with Gasteiger partial charge in [-0.3, -0.25) is 13.9 Å². The maximum Gasteiger partial charge on any atom is 0.331 e. The first kappa shape index (κ1) is 20.5. The predicted molar refractivity (Wildman–Crippen MR) is 112 cm³/mol. The van der Waals surface area contributed by atoms with Gasteiger partial charge in [-0.15, -0.1) is 11.3 Å². The first-order chi connectivity index (χ1) is 14.1. The zero-order valence-electron chi connectivity index (χ0n) is 16.6. The van der Waals surface area contributed by atoms with Crippen molar-refractivity contribution in [2.45, 2.75) is 43.7 Å². The van der Waals surface area contributed by atoms with Crippen LogP contribution in [-0.2, 0) is 23.6 Å². The molecule has 1 saturated carbocycles. The van der Waals surface area contributed by atoms with Crippen molar-refractivity contribution in [3.8, 4) is 6.07 Å². The predicted octanol–water partition coefficient (Wildman–Crippen LogP) is 1.16. The summed E-state index contributed by atoms with van der Waals surface area (Å²) in [6.45, 7) is 3.96. The molecule has 1 fully saturated rings. The molecule has 0 amide bonds. The number of fused-ring (bicyclic) bond motifs is 1. The number of sulfonamides is 1. The summed E-state index contributed by atoms with van der Waals surface area (Å²) in [4.78, 5) is 30.7. The summed E-state index contributed by atoms with van der Waals surface area (Å²) in [6.07, 6.45) is 0.899. The summed E-state index contributed by atoms with van der Waals surface area (Å²) in [5, 5.41) is 10.2. The van der Waals surface area contributed by atoms with Gasteiger partial charge in [0, 0.05) is 11.9 Å². The van der Waals surface area contributed by atoms with Crippen molar-refractivity contribution in [1.29, 1.82) is 5.26 Å². The van der Waals surface area contributed by atoms with Crippen molar-refractivity contribution >= 4 is 32.3 Å². The van der Waals surface area contributed by atoms with Crippen molar-refractivity contribution in [2.24, 2.45) is 7.05 Å². The Balaban J connectivity index is 1.87. The highest BCUT2D eigenvalue weighted by Gasteiger charge is 2.46. The summed E-state index contributed by atoms with van der Waals surface area (Å²) in [6, 6.07) is 6.04. The van der Waals surface area contributed by atoms with Gasteiger partial charge in [-0.25, -0.2) is 18.2 Å². The Kier molecular flexibility index (Phi) is 4.68. The number of nitrogens with zero attached hydrogens (tertiary/aromatic N) is 4. The van der Waals surface area contributed by atoms with Gasteiger partial charge in [0.15, 0.2) is 0 Å². The van der Waals surface area contributed by atoms with E-state index in [0.717, 1.165) is 20.1 Å². The molecule has 156 valence electrons. The molecule has 30 heavy (non-hydrogen) atoms. The van der Waals surface area contributed by atoms with Crippen LogP contribution in [0.1, 0.15) is 28.4 Å². The zero-order chi connectivity index (χ0) is 21.8. The molecule has 2 heterocycles. The minimum atomic E-state index is -3.99. The monoisotopic (exact) mass is 445 g/mol. The smallest absolute Gasteiger partial charge is 0.288 e. The number of aryl methyl sites for hydroxylation is 2. The summed E-state index contributed by atoms with van der Waals surface area (Å²) in [5.74, 6) is 0. The van der Waals surface area contributed by atoms with Gasteiger partial charge in [0.05, 0.1) is 39.1 Å². The number of hydrogen-bond acceptors (Lipinski definition) is 7. The number of rotatable bonds is 5. The van der Waals surface area contributed by atoms with E-state index in [4.69, 9.17) is 0 Å². The minimum absolute atomic E-state index is 0.112. The van der Waals surface area contributed by atoms with E-state index in [1.807, 2.05) is 19.9 Å². The maximum atomic E-state index is 12.8. The fourth-order valence-electron chi connectivity index (χ4n) is 3.34. The molecule has 0 bridgehead atoms. The van der Waals surface area contributed by atoms with Crippen molar-refractivity contribution in [3.63, 3.8) is 0 Å². The second kappa shape index (κ2) is 6.87. The van der Waals surface area contributed by atoms with Crippen LogP contribution >= 0.6 is 11.3 Å². The summed E-state index contributed by atoms with van der Waals surface area (Å²) in [5.41, 5.74) is -0.996. The molecule has 0 unspecified atom stereocenters. The highest BCUT2D eigenvalue weighted by molar-refractivity contribution is 7.89. The Bertz CT molecular complexity index is 1450. The third-order valence-corrected chi connectivity index (χ3v) is 7.81. The molecule has 11 heteroatoms. The van der Waals surface area contributed by atoms with Crippen LogP contribution in [-0.4, -0.2) is 28.1 Å². The minimum Gasteiger partial charge on any atom is -0.288 e. The quantitative estimate of drug-likeness (QED) is 0.628. The van der Waals surface area contributed by atoms with Gasteiger partial charge in [-0.1, -0.05) is 0 Å². The molecule has 1 aliphatic rings. The Morgan fingerprint density at radius 1 is 1.30 bits per heavy atom. The van der Waals surface area contributed by atoms with Gasteiger partial charge in [-0.2, -0.15) is 9.98 Å². The lowest BCUT2D eigenvalue weighted by atomic mass is 10.2. The van der Waals surface area contributed by atoms with Gasteiger partial charge in [-0.05, 0) is 44.9 Å². The van der Waals surface area contributed by atoms with Crippen LogP contribution in [0, 0.1) is 25.2 Å². The second-order valence-electron chi connectivity index (χ2n) is 7.45. The van der Waals surface area contributed by atoms with Gasteiger partial charge < -0.3 is 0 Å². The van der Waals surface area contributed by atoms with Gasteiger partial charge in [0.25, 0.3) is 5.56 Å². The lowest BCUT2D eigenvalue weighted by Gasteiger charge is -2.14. The summed E-state index contributed by atoms with van der Waals surface area (Å²) >= 11 is 1.46. The summed E-state index contributed by atoms with van der Waals surface area (Å²) in [7, 11) is -2.63. The lowest BCUT2D eigenvalue weighted by Crippen LogP contribution is -2.39. The van der Waals surface area contributed by atoms with Crippen LogP contribution in [0.5, 0.6) is 0 Å². The largest absolute Gasteiger partial charge is 0.331 e. The van der Waals surface area contributed by atoms with Crippen molar-refractivity contribution in [3.05, 3.63) is 54.6 Å². The maximum absolute atomic E-state index is 12.8. The van der Waals surface area contributed by atoms with E-state index in [9.17, 15) is 23.3 Å². The van der Waals surface area contributed by atoms with Crippen LogP contribution in [0.25, 0.3) is 10.9 Å². The third kappa shape index (κ3) is 3.36. The Morgan fingerprint density at radius 2 is 2.00 bits per heavy atom. The fraction of sp³-hybridized carbons (Fsp3) is 0.368. The standard InChI is InChI=1S/C19H19N5O4S2/c1-11-16(29-12(2)21-11)9-24-15-5-4-13(8-14(15)17(25)23(3)18(24)26)30(27,28)22-19(10-20)6-7-19/h4-5,8,22H,6-7,9H2,1-3H3. The zero-order valence-corrected chi connectivity index (χ0v) is 18.2. The SMILES string of the molecule is Cc1nc(C)c(Cn2c(=O)n(C)c(=O)c3cc(S(=O)(=O)NC4(C#N)CC4)ccc32)s1. The molecule has 4 rings (SSSR count). The van der Waals surface area contributed by atoms with Gasteiger partial charge in [0.2, 0.25) is 10.0 Å². The van der Waals surface area contributed by atoms with Crippen LogP contribution in [0.15, 0.2) is 32.7 Å². The highest BCUT2D eigenvalue weighted by atomic mass is 32.2. The number of benzene rings is 1. The molecule has 1 aromatic carbocycles. The van der Waals surface area contributed by atoms with Crippen LogP contribution < -0.4 is 16.0 Å². The molecule has 1 aliphatic carbocycles. The third-order valence-electron chi connectivity index (χ3n) is 5.22. The number of aromatic nitrogens is 3. The van der Waals surface area contributed by atoms with E-state index in [2.05, 4.69) is 9.71 Å². The Labute approximate surface area is 176 Å². The molecule has 0 saturated heterocycles. The van der Waals surface area contributed by atoms with Crippen molar-refractivity contribution < 1.29 is 8.42 Å². The first-order valence-electron chi connectivity index (χ1n) is 9.19. The van der Waals surface area contributed by atoms with Crippen LogP contribution in [0.3, 0.4) is 0 Å². The first-order valence-corrected chi connectivity index (χ1v) is 11.5. The molecule has 3 aromatic rings. The summed E-state index contributed by atoms with van der Waals surface area (Å²) < 4.78 is 30.3. The molecule has 0 radical (unpaired) electrons. The van der Waals surface area contributed by atoms with Crippen LogP contribution in [0.2, 0.25) is 0 Å². The second-order valence-corrected chi connectivity index (χ2v) is 10.4. The molecule has 9 nitrogen and oxygen atoms in total. The van der Waals surface area contributed by atoms with Crippen LogP contribution in [0.4, 0.5) is 0 Å². The van der Waals surface area contributed by atoms with Crippen molar-refractivity contribution in [2.75, 3.05) is 0 Å². The van der Waals surface area contributed by atoms with E-state index in [-0.39, 0.29) is 16.8 Å². The highest BCUT2D eigenvalue weighted by Crippen LogP contribution is 2.36. The molecule has 0 spiro atoms. The lowest BCUT2D eigenvalue weighted by molar-refractivity contribution is 0.571. The number of hydrogen-bond donors (Lipinski definition) is 1. The van der Waals surface area contributed by atoms with E-state index in [1.165, 1.54) is 41.2 Å². The fourth-order valence-corrected chi connectivity index (χ4v) is 5.66. The molecular formula is C19H19N5O4S2. The Hall–Kier alpha value is -2.81. The van der Waals surface area contributed by atoms with Gasteiger partial charge >= 0.3 is 5.69 Å². The number of thiazole rings is 1. The average molecular weight is 446 g/mol. The molecule has 0 aliphatic heterocycles. The van der Waals surface area contributed by atoms with E-state index >= 15 is 0 Å². The Morgan fingerprint density at radius 3 is 2.57 bits per heavy atom. The number of nitrogens with one attached hydrogen (secondary N) is 1. The van der Waals surface area contributed by atoms with E-state index < -0.39 is 26.8 Å². The van der Waals surface area contributed by atoms with E-state index in [1.54, 1.807) is 0 Å². The molecule has 2 aromatic heterocycles. The van der Waals surface area contributed by atoms with Gasteiger partial charge in [0.1, 0.15) is 5.54 Å². The number of nitriles is 1. The topological polar surface area (TPSA) is 127 Å². The normalized spacial score (nSPS) is 15.3. The molecule has 1 N–H and O–H groups in total. The molecular weight excluding hydrogens is 426 g/mol. The van der Waals surface area contributed by atoms with E-state index in [0.29, 0.717) is 18.4 Å². The molecule has 0 atom stereocenters. The van der Waals surface area contributed by atoms with Crippen molar-refractivity contribution in [1.82, 2.24) is 18.8 Å². The average Bonchev–Trinajstić information content (AvgIpc) is 3.39.